The molecule has 6 heteroatoms. The second kappa shape index (κ2) is 5.09. The molecule has 1 N–H and O–H groups in total. The number of nitrogens with one attached hydrogen (secondary N) is 1. The van der Waals surface area contributed by atoms with Gasteiger partial charge in [0.05, 0.1) is 0 Å². The molecule has 92 valence electrons. The quantitative estimate of drug-likeness (QED) is 0.755. The highest BCUT2D eigenvalue weighted by Gasteiger charge is 2.14. The molecule has 0 aromatic carbocycles. The van der Waals surface area contributed by atoms with E-state index < -0.39 is 0 Å². The molecular formula is C11H17N5O. The predicted octanol–water partition coefficient (Wildman–Crippen LogP) is -0.412. The van der Waals surface area contributed by atoms with E-state index in [0.29, 0.717) is 5.69 Å². The lowest BCUT2D eigenvalue weighted by molar-refractivity contribution is 0.0821. The van der Waals surface area contributed by atoms with Gasteiger partial charge in [0.15, 0.2) is 11.5 Å². The van der Waals surface area contributed by atoms with Gasteiger partial charge in [-0.05, 0) is 12.1 Å². The zero-order chi connectivity index (χ0) is 12.3. The van der Waals surface area contributed by atoms with Crippen molar-refractivity contribution in [3.05, 3.63) is 17.8 Å². The summed E-state index contributed by atoms with van der Waals surface area (Å²) >= 11 is 0. The summed E-state index contributed by atoms with van der Waals surface area (Å²) in [5, 5.41) is 11.4. The predicted molar refractivity (Wildman–Crippen MR) is 65.1 cm³/mol. The first-order valence-corrected chi connectivity index (χ1v) is 5.69. The molecule has 0 spiro atoms. The third-order valence-electron chi connectivity index (χ3n) is 2.72. The van der Waals surface area contributed by atoms with E-state index in [9.17, 15) is 4.79 Å². The average Bonchev–Trinajstić information content (AvgIpc) is 2.39. The van der Waals surface area contributed by atoms with Crippen molar-refractivity contribution in [2.75, 3.05) is 45.2 Å². The summed E-state index contributed by atoms with van der Waals surface area (Å²) in [6.07, 6.45) is 0. The van der Waals surface area contributed by atoms with Crippen molar-refractivity contribution in [1.82, 2.24) is 20.4 Å². The fourth-order valence-corrected chi connectivity index (χ4v) is 1.73. The zero-order valence-corrected chi connectivity index (χ0v) is 10.2. The summed E-state index contributed by atoms with van der Waals surface area (Å²) < 4.78 is 0. The van der Waals surface area contributed by atoms with E-state index in [1.54, 1.807) is 20.2 Å². The van der Waals surface area contributed by atoms with Gasteiger partial charge in [0.25, 0.3) is 5.91 Å². The Hall–Kier alpha value is -1.69. The van der Waals surface area contributed by atoms with Crippen LogP contribution in [-0.4, -0.2) is 61.3 Å². The van der Waals surface area contributed by atoms with Crippen LogP contribution in [0.4, 0.5) is 5.82 Å². The van der Waals surface area contributed by atoms with Crippen molar-refractivity contribution < 1.29 is 4.79 Å². The summed E-state index contributed by atoms with van der Waals surface area (Å²) in [6.45, 7) is 3.77. The van der Waals surface area contributed by atoms with Crippen LogP contribution >= 0.6 is 0 Å². The standard InChI is InChI=1S/C11H17N5O/c1-15(2)11(17)9-3-4-10(14-13-9)16-7-5-12-6-8-16/h3-4,12H,5-8H2,1-2H3. The van der Waals surface area contributed by atoms with Gasteiger partial charge in [-0.2, -0.15) is 0 Å². The number of carbonyl (C=O) groups is 1. The minimum atomic E-state index is -0.121. The highest BCUT2D eigenvalue weighted by atomic mass is 16.2. The van der Waals surface area contributed by atoms with E-state index in [-0.39, 0.29) is 5.91 Å². The second-order valence-electron chi connectivity index (χ2n) is 4.21. The molecule has 1 aliphatic rings. The van der Waals surface area contributed by atoms with Gasteiger partial charge in [0, 0.05) is 40.3 Å². The summed E-state index contributed by atoms with van der Waals surface area (Å²) in [7, 11) is 3.41. The van der Waals surface area contributed by atoms with Gasteiger partial charge in [0.2, 0.25) is 0 Å². The molecule has 0 atom stereocenters. The number of carbonyl (C=O) groups excluding carboxylic acids is 1. The molecule has 1 saturated heterocycles. The van der Waals surface area contributed by atoms with Crippen LogP contribution in [0.1, 0.15) is 10.5 Å². The SMILES string of the molecule is CN(C)C(=O)c1ccc(N2CCNCC2)nn1. The van der Waals surface area contributed by atoms with Gasteiger partial charge in [-0.1, -0.05) is 0 Å². The molecule has 0 bridgehead atoms. The van der Waals surface area contributed by atoms with E-state index >= 15 is 0 Å². The van der Waals surface area contributed by atoms with Crippen LogP contribution in [-0.2, 0) is 0 Å². The van der Waals surface area contributed by atoms with Crippen LogP contribution in [0.15, 0.2) is 12.1 Å². The van der Waals surface area contributed by atoms with Gasteiger partial charge >= 0.3 is 0 Å². The lowest BCUT2D eigenvalue weighted by Gasteiger charge is -2.27. The van der Waals surface area contributed by atoms with Crippen molar-refractivity contribution >= 4 is 11.7 Å². The average molecular weight is 235 g/mol. The van der Waals surface area contributed by atoms with Crippen LogP contribution in [0.25, 0.3) is 0 Å². The van der Waals surface area contributed by atoms with Crippen LogP contribution in [0, 0.1) is 0 Å². The van der Waals surface area contributed by atoms with Gasteiger partial charge in [0.1, 0.15) is 0 Å². The lowest BCUT2D eigenvalue weighted by atomic mass is 10.3. The molecule has 0 radical (unpaired) electrons. The van der Waals surface area contributed by atoms with Crippen molar-refractivity contribution in [3.63, 3.8) is 0 Å². The van der Waals surface area contributed by atoms with Gasteiger partial charge in [-0.3, -0.25) is 4.79 Å². The Morgan fingerprint density at radius 2 is 2.00 bits per heavy atom. The van der Waals surface area contributed by atoms with Crippen molar-refractivity contribution in [2.45, 2.75) is 0 Å². The Labute approximate surface area is 101 Å². The first-order valence-electron chi connectivity index (χ1n) is 5.69. The Morgan fingerprint density at radius 3 is 2.53 bits per heavy atom. The van der Waals surface area contributed by atoms with E-state index in [4.69, 9.17) is 0 Å². The normalized spacial score (nSPS) is 15.8. The maximum absolute atomic E-state index is 11.6. The Bertz CT molecular complexity index is 383. The molecule has 6 nitrogen and oxygen atoms in total. The topological polar surface area (TPSA) is 61.4 Å². The number of hydrogen-bond donors (Lipinski definition) is 1. The van der Waals surface area contributed by atoms with Gasteiger partial charge in [-0.25, -0.2) is 0 Å². The smallest absolute Gasteiger partial charge is 0.273 e. The Kier molecular flexibility index (Phi) is 3.53. The number of aromatic nitrogens is 2. The summed E-state index contributed by atoms with van der Waals surface area (Å²) in [6, 6.07) is 3.59. The summed E-state index contributed by atoms with van der Waals surface area (Å²) in [5.41, 5.74) is 0.383. The second-order valence-corrected chi connectivity index (χ2v) is 4.21. The minimum Gasteiger partial charge on any atom is -0.353 e. The van der Waals surface area contributed by atoms with E-state index in [0.717, 1.165) is 32.0 Å². The van der Waals surface area contributed by atoms with Crippen LogP contribution in [0.5, 0.6) is 0 Å². The maximum Gasteiger partial charge on any atom is 0.273 e. The molecule has 0 aliphatic carbocycles. The third-order valence-corrected chi connectivity index (χ3v) is 2.72. The molecule has 1 aliphatic heterocycles. The first-order chi connectivity index (χ1) is 8.18. The minimum absolute atomic E-state index is 0.121. The van der Waals surface area contributed by atoms with Gasteiger partial charge in [-0.15, -0.1) is 10.2 Å². The van der Waals surface area contributed by atoms with Gasteiger partial charge < -0.3 is 15.1 Å². The molecule has 1 aromatic rings. The lowest BCUT2D eigenvalue weighted by Crippen LogP contribution is -2.44. The molecule has 1 fully saturated rings. The van der Waals surface area contributed by atoms with Crippen LogP contribution in [0.2, 0.25) is 0 Å². The number of hydrogen-bond acceptors (Lipinski definition) is 5. The highest BCUT2D eigenvalue weighted by Crippen LogP contribution is 2.10. The van der Waals surface area contributed by atoms with Crippen molar-refractivity contribution in [1.29, 1.82) is 0 Å². The Balaban J connectivity index is 2.09. The number of nitrogens with zero attached hydrogens (tertiary/aromatic N) is 4. The monoisotopic (exact) mass is 235 g/mol. The fourth-order valence-electron chi connectivity index (χ4n) is 1.73. The van der Waals surface area contributed by atoms with E-state index in [1.165, 1.54) is 4.90 Å². The van der Waals surface area contributed by atoms with Crippen molar-refractivity contribution in [2.24, 2.45) is 0 Å². The fraction of sp³-hybridized carbons (Fsp3) is 0.545. The molecule has 0 unspecified atom stereocenters. The summed E-state index contributed by atoms with van der Waals surface area (Å²) in [5.74, 6) is 0.714. The van der Waals surface area contributed by atoms with E-state index in [1.807, 2.05) is 6.07 Å². The molecule has 2 heterocycles. The van der Waals surface area contributed by atoms with Crippen LogP contribution in [0.3, 0.4) is 0 Å². The number of piperazine rings is 1. The molecule has 0 saturated carbocycles. The number of amides is 1. The maximum atomic E-state index is 11.6. The van der Waals surface area contributed by atoms with Crippen molar-refractivity contribution in [3.8, 4) is 0 Å². The third kappa shape index (κ3) is 2.71. The molecule has 1 amide bonds. The molecule has 17 heavy (non-hydrogen) atoms. The number of rotatable bonds is 2. The number of anilines is 1. The molecule has 1 aromatic heterocycles. The zero-order valence-electron chi connectivity index (χ0n) is 10.2. The summed E-state index contributed by atoms with van der Waals surface area (Å²) in [4.78, 5) is 15.3. The molecule has 2 rings (SSSR count). The van der Waals surface area contributed by atoms with E-state index in [2.05, 4.69) is 20.4 Å². The largest absolute Gasteiger partial charge is 0.353 e. The molecular weight excluding hydrogens is 218 g/mol. The van der Waals surface area contributed by atoms with Crippen LogP contribution < -0.4 is 10.2 Å². The Morgan fingerprint density at radius 1 is 1.29 bits per heavy atom. The first kappa shape index (κ1) is 11.8. The highest BCUT2D eigenvalue weighted by molar-refractivity contribution is 5.91.